The number of methoxy groups -OCH3 is 1. The fourth-order valence-corrected chi connectivity index (χ4v) is 2.82. The number of amides is 1. The highest BCUT2D eigenvalue weighted by Gasteiger charge is 2.16. The van der Waals surface area contributed by atoms with Gasteiger partial charge in [0.25, 0.3) is 0 Å². The minimum absolute atomic E-state index is 0. The number of halogens is 2. The molecule has 1 amide bonds. The van der Waals surface area contributed by atoms with E-state index >= 15 is 0 Å². The highest BCUT2D eigenvalue weighted by molar-refractivity contribution is 5.85. The van der Waals surface area contributed by atoms with E-state index in [1.54, 1.807) is 7.11 Å². The molecule has 0 saturated carbocycles. The Balaban J connectivity index is 0.00000264. The lowest BCUT2D eigenvalue weighted by Gasteiger charge is -2.21. The number of nitrogens with one attached hydrogen (secondary N) is 1. The molecule has 1 aliphatic rings. The molecule has 138 valence electrons. The molecule has 5 nitrogen and oxygen atoms in total. The van der Waals surface area contributed by atoms with E-state index in [0.717, 1.165) is 18.7 Å². The van der Waals surface area contributed by atoms with Crippen LogP contribution in [0.15, 0.2) is 24.3 Å². The van der Waals surface area contributed by atoms with Gasteiger partial charge < -0.3 is 20.7 Å². The van der Waals surface area contributed by atoms with E-state index < -0.39 is 0 Å². The predicted molar refractivity (Wildman–Crippen MR) is 103 cm³/mol. The third kappa shape index (κ3) is 6.48. The van der Waals surface area contributed by atoms with E-state index in [1.165, 1.54) is 18.5 Å². The van der Waals surface area contributed by atoms with Gasteiger partial charge in [0, 0.05) is 32.4 Å². The molecule has 1 saturated heterocycles. The first-order valence-electron chi connectivity index (χ1n) is 8.01. The molecule has 0 radical (unpaired) electrons. The van der Waals surface area contributed by atoms with Crippen molar-refractivity contribution in [1.29, 1.82) is 0 Å². The van der Waals surface area contributed by atoms with Crippen molar-refractivity contribution in [2.75, 3.05) is 31.6 Å². The van der Waals surface area contributed by atoms with Crippen molar-refractivity contribution in [3.8, 4) is 0 Å². The highest BCUT2D eigenvalue weighted by atomic mass is 35.5. The van der Waals surface area contributed by atoms with Gasteiger partial charge in [-0.1, -0.05) is 12.1 Å². The van der Waals surface area contributed by atoms with Gasteiger partial charge in [-0.2, -0.15) is 0 Å². The molecule has 1 aromatic carbocycles. The van der Waals surface area contributed by atoms with Crippen LogP contribution in [0.25, 0.3) is 0 Å². The number of carbonyl (C=O) groups excluding carboxylic acids is 1. The molecule has 0 aliphatic carbocycles. The zero-order chi connectivity index (χ0) is 15.9. The van der Waals surface area contributed by atoms with Crippen molar-refractivity contribution in [1.82, 2.24) is 5.32 Å². The molecule has 2 atom stereocenters. The number of nitrogens with two attached hydrogens (primary N) is 1. The summed E-state index contributed by atoms with van der Waals surface area (Å²) in [7, 11) is 1.58. The van der Waals surface area contributed by atoms with Crippen LogP contribution >= 0.6 is 24.8 Å². The van der Waals surface area contributed by atoms with Crippen LogP contribution < -0.4 is 16.0 Å². The Kier molecular flexibility index (Phi) is 11.0. The molecule has 0 bridgehead atoms. The summed E-state index contributed by atoms with van der Waals surface area (Å²) in [4.78, 5) is 14.4. The van der Waals surface area contributed by atoms with Crippen molar-refractivity contribution < 1.29 is 9.53 Å². The van der Waals surface area contributed by atoms with Crippen LogP contribution in [0, 0.1) is 0 Å². The summed E-state index contributed by atoms with van der Waals surface area (Å²) in [5, 5.41) is 3.02. The maximum Gasteiger partial charge on any atom is 0.223 e. The molecule has 1 aliphatic heterocycles. The molecule has 2 rings (SSSR count). The standard InChI is InChI=1S/C17H27N3O2.2ClH/c1-13(19-17(21)11-16(12-18)22-2)14-6-5-7-15(10-14)20-8-3-4-9-20;;/h5-7,10,13,16H,3-4,8-9,11-12,18H2,1-2H3,(H,19,21);2*1H. The van der Waals surface area contributed by atoms with Crippen molar-refractivity contribution in [3.05, 3.63) is 29.8 Å². The predicted octanol–water partition coefficient (Wildman–Crippen LogP) is 2.67. The minimum Gasteiger partial charge on any atom is -0.380 e. The van der Waals surface area contributed by atoms with Gasteiger partial charge in [-0.15, -0.1) is 24.8 Å². The summed E-state index contributed by atoms with van der Waals surface area (Å²) in [5.74, 6) is -0.0311. The average Bonchev–Trinajstić information content (AvgIpc) is 3.07. The summed E-state index contributed by atoms with van der Waals surface area (Å²) < 4.78 is 5.15. The molecular formula is C17H29Cl2N3O2. The Morgan fingerprint density at radius 1 is 1.33 bits per heavy atom. The minimum atomic E-state index is -0.219. The molecule has 1 heterocycles. The van der Waals surface area contributed by atoms with Crippen molar-refractivity contribution in [3.63, 3.8) is 0 Å². The summed E-state index contributed by atoms with van der Waals surface area (Å²) in [6, 6.07) is 8.40. The van der Waals surface area contributed by atoms with Gasteiger partial charge in [0.05, 0.1) is 18.6 Å². The van der Waals surface area contributed by atoms with Gasteiger partial charge in [-0.25, -0.2) is 0 Å². The largest absolute Gasteiger partial charge is 0.380 e. The van der Waals surface area contributed by atoms with E-state index in [2.05, 4.69) is 34.5 Å². The second kappa shape index (κ2) is 11.5. The van der Waals surface area contributed by atoms with Crippen LogP contribution in [0.5, 0.6) is 0 Å². The van der Waals surface area contributed by atoms with Gasteiger partial charge in [0.1, 0.15) is 0 Å². The zero-order valence-electron chi connectivity index (χ0n) is 14.4. The van der Waals surface area contributed by atoms with Gasteiger partial charge in [0.15, 0.2) is 0 Å². The Morgan fingerprint density at radius 2 is 2.00 bits per heavy atom. The van der Waals surface area contributed by atoms with Crippen molar-refractivity contribution >= 4 is 36.4 Å². The maximum atomic E-state index is 12.0. The molecule has 0 aromatic heterocycles. The lowest BCUT2D eigenvalue weighted by atomic mass is 10.1. The number of nitrogens with zero attached hydrogens (tertiary/aromatic N) is 1. The summed E-state index contributed by atoms with van der Waals surface area (Å²) in [5.41, 5.74) is 7.92. The smallest absolute Gasteiger partial charge is 0.223 e. The van der Waals surface area contributed by atoms with E-state index in [-0.39, 0.29) is 42.9 Å². The van der Waals surface area contributed by atoms with E-state index in [9.17, 15) is 4.79 Å². The quantitative estimate of drug-likeness (QED) is 0.766. The molecule has 0 spiro atoms. The zero-order valence-corrected chi connectivity index (χ0v) is 16.0. The molecule has 1 aromatic rings. The molecule has 1 fully saturated rings. The Hall–Kier alpha value is -1.01. The Morgan fingerprint density at radius 3 is 2.58 bits per heavy atom. The Labute approximate surface area is 157 Å². The second-order valence-corrected chi connectivity index (χ2v) is 5.88. The van der Waals surface area contributed by atoms with Crippen LogP contribution in [0.3, 0.4) is 0 Å². The topological polar surface area (TPSA) is 67.6 Å². The summed E-state index contributed by atoms with van der Waals surface area (Å²) in [6.07, 6.45) is 2.59. The first-order valence-corrected chi connectivity index (χ1v) is 8.01. The van der Waals surface area contributed by atoms with Crippen LogP contribution in [0.4, 0.5) is 5.69 Å². The number of benzene rings is 1. The Bertz CT molecular complexity index is 492. The van der Waals surface area contributed by atoms with Crippen LogP contribution in [0.1, 0.15) is 37.8 Å². The van der Waals surface area contributed by atoms with E-state index in [4.69, 9.17) is 10.5 Å². The van der Waals surface area contributed by atoms with Crippen molar-refractivity contribution in [2.45, 2.75) is 38.3 Å². The SMILES string of the molecule is COC(CN)CC(=O)NC(C)c1cccc(N2CCCC2)c1.Cl.Cl. The maximum absolute atomic E-state index is 12.0. The van der Waals surface area contributed by atoms with E-state index in [1.807, 2.05) is 6.92 Å². The monoisotopic (exact) mass is 377 g/mol. The number of rotatable bonds is 7. The summed E-state index contributed by atoms with van der Waals surface area (Å²) >= 11 is 0. The lowest BCUT2D eigenvalue weighted by molar-refractivity contribution is -0.124. The lowest BCUT2D eigenvalue weighted by Crippen LogP contribution is -2.33. The first kappa shape index (κ1) is 23.0. The number of hydrogen-bond acceptors (Lipinski definition) is 4. The third-order valence-electron chi connectivity index (χ3n) is 4.23. The first-order chi connectivity index (χ1) is 10.6. The highest BCUT2D eigenvalue weighted by Crippen LogP contribution is 2.24. The molecule has 7 heteroatoms. The fourth-order valence-electron chi connectivity index (χ4n) is 2.82. The van der Waals surface area contributed by atoms with E-state index in [0.29, 0.717) is 13.0 Å². The third-order valence-corrected chi connectivity index (χ3v) is 4.23. The number of anilines is 1. The van der Waals surface area contributed by atoms with Gasteiger partial charge in [0.2, 0.25) is 5.91 Å². The normalized spacial score (nSPS) is 15.9. The number of carbonyl (C=O) groups is 1. The average molecular weight is 378 g/mol. The van der Waals surface area contributed by atoms with Gasteiger partial charge in [-0.05, 0) is 37.5 Å². The van der Waals surface area contributed by atoms with Crippen molar-refractivity contribution in [2.24, 2.45) is 5.73 Å². The van der Waals surface area contributed by atoms with Crippen LogP contribution in [-0.4, -0.2) is 38.8 Å². The molecule has 3 N–H and O–H groups in total. The number of hydrogen-bond donors (Lipinski definition) is 2. The fraction of sp³-hybridized carbons (Fsp3) is 0.588. The van der Waals surface area contributed by atoms with Crippen LogP contribution in [-0.2, 0) is 9.53 Å². The molecule has 24 heavy (non-hydrogen) atoms. The van der Waals surface area contributed by atoms with Gasteiger partial charge >= 0.3 is 0 Å². The van der Waals surface area contributed by atoms with Crippen LogP contribution in [0.2, 0.25) is 0 Å². The molecular weight excluding hydrogens is 349 g/mol. The summed E-state index contributed by atoms with van der Waals surface area (Å²) in [6.45, 7) is 4.60. The number of ether oxygens (including phenoxy) is 1. The molecule has 2 unspecified atom stereocenters. The second-order valence-electron chi connectivity index (χ2n) is 5.88. The van der Waals surface area contributed by atoms with Gasteiger partial charge in [-0.3, -0.25) is 4.79 Å².